The summed E-state index contributed by atoms with van der Waals surface area (Å²) >= 11 is 1.77. The topological polar surface area (TPSA) is 48.9 Å². The van der Waals surface area contributed by atoms with Gasteiger partial charge in [-0.05, 0) is 44.6 Å². The summed E-state index contributed by atoms with van der Waals surface area (Å²) in [5.74, 6) is 1.71. The van der Waals surface area contributed by atoms with E-state index in [-0.39, 0.29) is 6.04 Å². The Kier molecular flexibility index (Phi) is 8.28. The fourth-order valence-electron chi connectivity index (χ4n) is 2.36. The van der Waals surface area contributed by atoms with E-state index in [1.807, 2.05) is 30.3 Å². The third-order valence-corrected chi connectivity index (χ3v) is 4.64. The number of ether oxygens (including phenoxy) is 1. The molecule has 2 N–H and O–H groups in total. The van der Waals surface area contributed by atoms with Crippen molar-refractivity contribution in [1.29, 1.82) is 0 Å². The first-order valence-corrected chi connectivity index (χ1v) is 9.48. The molecule has 5 nitrogen and oxygen atoms in total. The van der Waals surface area contributed by atoms with E-state index in [1.165, 1.54) is 4.88 Å². The Morgan fingerprint density at radius 2 is 1.96 bits per heavy atom. The summed E-state index contributed by atoms with van der Waals surface area (Å²) in [7, 11) is 4.18. The summed E-state index contributed by atoms with van der Waals surface area (Å²) in [5.41, 5.74) is 0. The molecule has 0 aliphatic heterocycles. The Labute approximate surface area is 154 Å². The average molecular weight is 361 g/mol. The molecule has 25 heavy (non-hydrogen) atoms. The molecule has 2 rings (SSSR count). The molecule has 0 aliphatic rings. The first kappa shape index (κ1) is 19.3. The predicted octanol–water partition coefficient (Wildman–Crippen LogP) is 2.98. The van der Waals surface area contributed by atoms with E-state index in [1.54, 1.807) is 11.3 Å². The number of aliphatic imine (C=N–C) groups is 1. The smallest absolute Gasteiger partial charge is 0.191 e. The molecular weight excluding hydrogens is 332 g/mol. The van der Waals surface area contributed by atoms with Crippen molar-refractivity contribution in [2.75, 3.05) is 40.3 Å². The van der Waals surface area contributed by atoms with Gasteiger partial charge >= 0.3 is 0 Å². The van der Waals surface area contributed by atoms with Gasteiger partial charge in [0.1, 0.15) is 12.4 Å². The van der Waals surface area contributed by atoms with Crippen LogP contribution in [-0.4, -0.2) is 51.2 Å². The predicted molar refractivity (Wildman–Crippen MR) is 107 cm³/mol. The molecule has 0 spiro atoms. The highest BCUT2D eigenvalue weighted by molar-refractivity contribution is 7.10. The SMILES string of the molecule is CCNC(=NCC(c1cccs1)N(C)C)NCCOc1ccccc1. The lowest BCUT2D eigenvalue weighted by Gasteiger charge is -2.22. The first-order valence-electron chi connectivity index (χ1n) is 8.60. The van der Waals surface area contributed by atoms with Crippen LogP contribution in [0.15, 0.2) is 52.8 Å². The number of benzene rings is 1. The monoisotopic (exact) mass is 360 g/mol. The van der Waals surface area contributed by atoms with E-state index in [2.05, 4.69) is 54.1 Å². The van der Waals surface area contributed by atoms with Crippen LogP contribution in [-0.2, 0) is 0 Å². The van der Waals surface area contributed by atoms with Crippen LogP contribution in [0.4, 0.5) is 0 Å². The summed E-state index contributed by atoms with van der Waals surface area (Å²) in [6.45, 7) is 4.91. The van der Waals surface area contributed by atoms with E-state index in [0.29, 0.717) is 19.7 Å². The normalized spacial score (nSPS) is 12.9. The molecule has 1 aromatic carbocycles. The maximum absolute atomic E-state index is 5.71. The largest absolute Gasteiger partial charge is 0.492 e. The van der Waals surface area contributed by atoms with Crippen LogP contribution in [0.25, 0.3) is 0 Å². The fraction of sp³-hybridized carbons (Fsp3) is 0.421. The lowest BCUT2D eigenvalue weighted by molar-refractivity contribution is 0.309. The van der Waals surface area contributed by atoms with Gasteiger partial charge in [0.2, 0.25) is 0 Å². The molecule has 2 aromatic rings. The van der Waals surface area contributed by atoms with Crippen LogP contribution in [0.2, 0.25) is 0 Å². The van der Waals surface area contributed by atoms with Gasteiger partial charge in [0.25, 0.3) is 0 Å². The number of rotatable bonds is 9. The molecule has 0 fully saturated rings. The van der Waals surface area contributed by atoms with Gasteiger partial charge in [-0.15, -0.1) is 11.3 Å². The second-order valence-electron chi connectivity index (χ2n) is 5.80. The lowest BCUT2D eigenvalue weighted by atomic mass is 10.2. The molecule has 1 atom stereocenters. The van der Waals surface area contributed by atoms with Crippen LogP contribution < -0.4 is 15.4 Å². The van der Waals surface area contributed by atoms with E-state index in [4.69, 9.17) is 9.73 Å². The second kappa shape index (κ2) is 10.7. The molecule has 0 bridgehead atoms. The van der Waals surface area contributed by atoms with Gasteiger partial charge in [0.05, 0.1) is 19.1 Å². The molecule has 0 saturated heterocycles. The van der Waals surface area contributed by atoms with Crippen molar-refractivity contribution in [3.05, 3.63) is 52.7 Å². The van der Waals surface area contributed by atoms with Crippen molar-refractivity contribution in [3.8, 4) is 5.75 Å². The van der Waals surface area contributed by atoms with Gasteiger partial charge in [0.15, 0.2) is 5.96 Å². The van der Waals surface area contributed by atoms with Crippen molar-refractivity contribution < 1.29 is 4.74 Å². The van der Waals surface area contributed by atoms with E-state index >= 15 is 0 Å². The number of thiophene rings is 1. The summed E-state index contributed by atoms with van der Waals surface area (Å²) < 4.78 is 5.71. The molecule has 0 saturated carbocycles. The van der Waals surface area contributed by atoms with Gasteiger partial charge in [-0.2, -0.15) is 0 Å². The minimum absolute atomic E-state index is 0.288. The Morgan fingerprint density at radius 1 is 1.16 bits per heavy atom. The Balaban J connectivity index is 1.84. The van der Waals surface area contributed by atoms with E-state index < -0.39 is 0 Å². The third kappa shape index (κ3) is 6.76. The molecule has 0 radical (unpaired) electrons. The first-order chi connectivity index (χ1) is 12.2. The van der Waals surface area contributed by atoms with Crippen LogP contribution in [0.3, 0.4) is 0 Å². The highest BCUT2D eigenvalue weighted by atomic mass is 32.1. The van der Waals surface area contributed by atoms with Crippen molar-refractivity contribution in [3.63, 3.8) is 0 Å². The number of nitrogens with one attached hydrogen (secondary N) is 2. The molecule has 1 aromatic heterocycles. The Bertz CT molecular complexity index is 614. The van der Waals surface area contributed by atoms with Gasteiger partial charge in [0, 0.05) is 11.4 Å². The molecule has 6 heteroatoms. The number of hydrogen-bond acceptors (Lipinski definition) is 4. The summed E-state index contributed by atoms with van der Waals surface area (Å²) in [4.78, 5) is 8.28. The standard InChI is InChI=1S/C19H28N4OS/c1-4-20-19(21-12-13-24-16-9-6-5-7-10-16)22-15-17(23(2)3)18-11-8-14-25-18/h5-11,14,17H,4,12-13,15H2,1-3H3,(H2,20,21,22). The Hall–Kier alpha value is -2.05. The highest BCUT2D eigenvalue weighted by Crippen LogP contribution is 2.23. The Morgan fingerprint density at radius 3 is 2.60 bits per heavy atom. The molecule has 0 aliphatic carbocycles. The molecule has 1 heterocycles. The number of nitrogens with zero attached hydrogens (tertiary/aromatic N) is 2. The van der Waals surface area contributed by atoms with Crippen LogP contribution >= 0.6 is 11.3 Å². The van der Waals surface area contributed by atoms with Gasteiger partial charge < -0.3 is 20.3 Å². The lowest BCUT2D eigenvalue weighted by Crippen LogP contribution is -2.40. The third-order valence-electron chi connectivity index (χ3n) is 3.67. The van der Waals surface area contributed by atoms with E-state index in [9.17, 15) is 0 Å². The zero-order chi connectivity index (χ0) is 17.9. The van der Waals surface area contributed by atoms with Crippen molar-refractivity contribution >= 4 is 17.3 Å². The van der Waals surface area contributed by atoms with Crippen LogP contribution in [0.5, 0.6) is 5.75 Å². The maximum Gasteiger partial charge on any atom is 0.191 e. The summed E-state index contributed by atoms with van der Waals surface area (Å²) in [5, 5.41) is 8.73. The minimum Gasteiger partial charge on any atom is -0.492 e. The van der Waals surface area contributed by atoms with Gasteiger partial charge in [-0.3, -0.25) is 4.99 Å². The molecule has 1 unspecified atom stereocenters. The summed E-state index contributed by atoms with van der Waals surface area (Å²) in [6.07, 6.45) is 0. The van der Waals surface area contributed by atoms with Gasteiger partial charge in [-0.25, -0.2) is 0 Å². The van der Waals surface area contributed by atoms with Crippen molar-refractivity contribution in [2.45, 2.75) is 13.0 Å². The number of hydrogen-bond donors (Lipinski definition) is 2. The van der Waals surface area contributed by atoms with Crippen molar-refractivity contribution in [2.24, 2.45) is 4.99 Å². The number of para-hydroxylation sites is 1. The van der Waals surface area contributed by atoms with Crippen LogP contribution in [0, 0.1) is 0 Å². The zero-order valence-electron chi connectivity index (χ0n) is 15.2. The minimum atomic E-state index is 0.288. The average Bonchev–Trinajstić information content (AvgIpc) is 3.13. The van der Waals surface area contributed by atoms with Crippen LogP contribution in [0.1, 0.15) is 17.8 Å². The molecule has 136 valence electrons. The molecular formula is C19H28N4OS. The fourth-order valence-corrected chi connectivity index (χ4v) is 3.28. The maximum atomic E-state index is 5.71. The molecule has 0 amide bonds. The van der Waals surface area contributed by atoms with E-state index in [0.717, 1.165) is 18.3 Å². The number of likely N-dealkylation sites (N-methyl/N-ethyl adjacent to an activating group) is 1. The van der Waals surface area contributed by atoms with Gasteiger partial charge in [-0.1, -0.05) is 24.3 Å². The quantitative estimate of drug-likeness (QED) is 0.410. The van der Waals surface area contributed by atoms with Crippen molar-refractivity contribution in [1.82, 2.24) is 15.5 Å². The second-order valence-corrected chi connectivity index (χ2v) is 6.78. The zero-order valence-corrected chi connectivity index (χ0v) is 16.1. The number of guanidine groups is 1. The highest BCUT2D eigenvalue weighted by Gasteiger charge is 2.14. The summed E-state index contributed by atoms with van der Waals surface area (Å²) in [6, 6.07) is 14.4.